The second-order valence-corrected chi connectivity index (χ2v) is 4.89. The van der Waals surface area contributed by atoms with Crippen molar-refractivity contribution in [2.45, 2.75) is 32.4 Å². The van der Waals surface area contributed by atoms with Gasteiger partial charge in [-0.3, -0.25) is 4.57 Å². The summed E-state index contributed by atoms with van der Waals surface area (Å²) in [5.41, 5.74) is 3.15. The van der Waals surface area contributed by atoms with Crippen LogP contribution in [0.4, 0.5) is 0 Å². The minimum atomic E-state index is 0.281. The third-order valence-corrected chi connectivity index (χ3v) is 3.60. The topological polar surface area (TPSA) is 42.8 Å². The van der Waals surface area contributed by atoms with Crippen molar-refractivity contribution < 1.29 is 4.74 Å². The molecule has 3 heterocycles. The summed E-state index contributed by atoms with van der Waals surface area (Å²) in [7, 11) is 0. The maximum Gasteiger partial charge on any atom is 0.179 e. The quantitative estimate of drug-likeness (QED) is 0.832. The molecule has 1 fully saturated rings. The van der Waals surface area contributed by atoms with Gasteiger partial charge in [-0.05, 0) is 43.6 Å². The number of hydrogen-bond acceptors (Lipinski definition) is 3. The molecule has 1 saturated heterocycles. The molecule has 1 unspecified atom stereocenters. The number of fused-ring (bicyclic) bond motifs is 1. The molecule has 0 spiro atoms. The van der Waals surface area contributed by atoms with E-state index in [0.29, 0.717) is 0 Å². The van der Waals surface area contributed by atoms with E-state index in [-0.39, 0.29) is 6.10 Å². The van der Waals surface area contributed by atoms with E-state index in [1.807, 2.05) is 16.8 Å². The van der Waals surface area contributed by atoms with Crippen molar-refractivity contribution in [2.75, 3.05) is 6.61 Å². The molecule has 0 radical (unpaired) electrons. The Morgan fingerprint density at radius 3 is 3.29 bits per heavy atom. The Kier molecular flexibility index (Phi) is 2.72. The number of aromatic nitrogens is 3. The van der Waals surface area contributed by atoms with E-state index in [4.69, 9.17) is 17.0 Å². The SMILES string of the molecule is Cc1ccnc2c1[nH]c(=S)n2CC1CCCO1. The lowest BCUT2D eigenvalue weighted by molar-refractivity contribution is 0.0975. The van der Waals surface area contributed by atoms with Gasteiger partial charge in [0.05, 0.1) is 18.2 Å². The van der Waals surface area contributed by atoms with Crippen molar-refractivity contribution in [3.8, 4) is 0 Å². The van der Waals surface area contributed by atoms with E-state index >= 15 is 0 Å². The first-order chi connectivity index (χ1) is 8.25. The summed E-state index contributed by atoms with van der Waals surface area (Å²) < 4.78 is 8.43. The van der Waals surface area contributed by atoms with Gasteiger partial charge < -0.3 is 9.72 Å². The number of nitrogens with one attached hydrogen (secondary N) is 1. The Bertz CT molecular complexity index is 595. The third-order valence-electron chi connectivity index (χ3n) is 3.28. The molecule has 0 aromatic carbocycles. The van der Waals surface area contributed by atoms with E-state index in [2.05, 4.69) is 16.9 Å². The highest BCUT2D eigenvalue weighted by Gasteiger charge is 2.18. The van der Waals surface area contributed by atoms with Crippen molar-refractivity contribution in [2.24, 2.45) is 0 Å². The van der Waals surface area contributed by atoms with Crippen LogP contribution in [0.5, 0.6) is 0 Å². The number of aryl methyl sites for hydroxylation is 1. The van der Waals surface area contributed by atoms with Crippen LogP contribution >= 0.6 is 12.2 Å². The number of aromatic amines is 1. The van der Waals surface area contributed by atoms with Crippen molar-refractivity contribution in [1.29, 1.82) is 0 Å². The molecular formula is C12H15N3OS. The first-order valence-electron chi connectivity index (χ1n) is 5.91. The van der Waals surface area contributed by atoms with Crippen molar-refractivity contribution in [3.05, 3.63) is 22.6 Å². The average molecular weight is 249 g/mol. The fraction of sp³-hybridized carbons (Fsp3) is 0.500. The normalized spacial score (nSPS) is 20.2. The molecule has 2 aromatic heterocycles. The number of rotatable bonds is 2. The number of H-pyrrole nitrogens is 1. The fourth-order valence-electron chi connectivity index (χ4n) is 2.33. The van der Waals surface area contributed by atoms with E-state index in [1.165, 1.54) is 5.56 Å². The van der Waals surface area contributed by atoms with Crippen LogP contribution in [0.15, 0.2) is 12.3 Å². The summed E-state index contributed by atoms with van der Waals surface area (Å²) in [5, 5.41) is 0. The highest BCUT2D eigenvalue weighted by molar-refractivity contribution is 7.71. The molecule has 1 aliphatic rings. The number of ether oxygens (including phenoxy) is 1. The highest BCUT2D eigenvalue weighted by Crippen LogP contribution is 2.19. The van der Waals surface area contributed by atoms with Gasteiger partial charge in [0, 0.05) is 12.8 Å². The smallest absolute Gasteiger partial charge is 0.179 e. The molecule has 4 nitrogen and oxygen atoms in total. The predicted octanol–water partition coefficient (Wildman–Crippen LogP) is 2.58. The summed E-state index contributed by atoms with van der Waals surface area (Å²) in [6.45, 7) is 3.73. The summed E-state index contributed by atoms with van der Waals surface area (Å²) >= 11 is 5.36. The van der Waals surface area contributed by atoms with Crippen LogP contribution in [0, 0.1) is 11.7 Å². The Labute approximate surface area is 105 Å². The second kappa shape index (κ2) is 4.23. The van der Waals surface area contributed by atoms with E-state index in [9.17, 15) is 0 Å². The maximum atomic E-state index is 5.65. The zero-order valence-corrected chi connectivity index (χ0v) is 10.6. The van der Waals surface area contributed by atoms with Gasteiger partial charge in [-0.1, -0.05) is 0 Å². The average Bonchev–Trinajstić information content (AvgIpc) is 2.91. The summed E-state index contributed by atoms with van der Waals surface area (Å²) in [6.07, 6.45) is 4.36. The lowest BCUT2D eigenvalue weighted by Crippen LogP contribution is -2.15. The molecule has 0 saturated carbocycles. The fourth-order valence-corrected chi connectivity index (χ4v) is 2.60. The zero-order valence-electron chi connectivity index (χ0n) is 9.77. The molecule has 0 amide bonds. The van der Waals surface area contributed by atoms with Gasteiger partial charge in [0.1, 0.15) is 0 Å². The van der Waals surface area contributed by atoms with Crippen molar-refractivity contribution >= 4 is 23.4 Å². The molecule has 17 heavy (non-hydrogen) atoms. The molecule has 2 aromatic rings. The van der Waals surface area contributed by atoms with E-state index < -0.39 is 0 Å². The van der Waals surface area contributed by atoms with Gasteiger partial charge in [0.15, 0.2) is 10.4 Å². The van der Waals surface area contributed by atoms with Crippen LogP contribution in [-0.4, -0.2) is 27.2 Å². The largest absolute Gasteiger partial charge is 0.376 e. The van der Waals surface area contributed by atoms with Gasteiger partial charge in [0.2, 0.25) is 0 Å². The molecule has 1 atom stereocenters. The van der Waals surface area contributed by atoms with Crippen LogP contribution in [0.1, 0.15) is 18.4 Å². The third kappa shape index (κ3) is 1.89. The summed E-state index contributed by atoms with van der Waals surface area (Å²) in [6, 6.07) is 1.99. The van der Waals surface area contributed by atoms with Crippen molar-refractivity contribution in [1.82, 2.24) is 14.5 Å². The van der Waals surface area contributed by atoms with Gasteiger partial charge in [-0.25, -0.2) is 4.98 Å². The summed E-state index contributed by atoms with van der Waals surface area (Å²) in [4.78, 5) is 7.64. The van der Waals surface area contributed by atoms with Crippen LogP contribution in [0.3, 0.4) is 0 Å². The molecule has 3 rings (SSSR count). The Morgan fingerprint density at radius 1 is 1.65 bits per heavy atom. The van der Waals surface area contributed by atoms with Gasteiger partial charge in [-0.15, -0.1) is 0 Å². The van der Waals surface area contributed by atoms with Crippen LogP contribution < -0.4 is 0 Å². The zero-order chi connectivity index (χ0) is 11.8. The molecule has 0 bridgehead atoms. The van der Waals surface area contributed by atoms with Gasteiger partial charge >= 0.3 is 0 Å². The Balaban J connectivity index is 2.06. The number of pyridine rings is 1. The number of hydrogen-bond donors (Lipinski definition) is 1. The van der Waals surface area contributed by atoms with Crippen LogP contribution in [0.2, 0.25) is 0 Å². The molecule has 1 N–H and O–H groups in total. The van der Waals surface area contributed by atoms with Crippen molar-refractivity contribution in [3.63, 3.8) is 0 Å². The van der Waals surface area contributed by atoms with Crippen LogP contribution in [-0.2, 0) is 11.3 Å². The Hall–Kier alpha value is -1.20. The van der Waals surface area contributed by atoms with Gasteiger partial charge in [-0.2, -0.15) is 0 Å². The molecule has 5 heteroatoms. The van der Waals surface area contributed by atoms with E-state index in [1.54, 1.807) is 0 Å². The highest BCUT2D eigenvalue weighted by atomic mass is 32.1. The number of nitrogens with zero attached hydrogens (tertiary/aromatic N) is 2. The molecule has 0 aliphatic carbocycles. The van der Waals surface area contributed by atoms with Crippen LogP contribution in [0.25, 0.3) is 11.2 Å². The number of imidazole rings is 1. The van der Waals surface area contributed by atoms with Gasteiger partial charge in [0.25, 0.3) is 0 Å². The Morgan fingerprint density at radius 2 is 2.53 bits per heavy atom. The molecule has 1 aliphatic heterocycles. The minimum Gasteiger partial charge on any atom is -0.376 e. The monoisotopic (exact) mass is 249 g/mol. The van der Waals surface area contributed by atoms with E-state index in [0.717, 1.165) is 41.9 Å². The lowest BCUT2D eigenvalue weighted by atomic mass is 10.2. The second-order valence-electron chi connectivity index (χ2n) is 4.50. The molecule has 90 valence electrons. The minimum absolute atomic E-state index is 0.281. The lowest BCUT2D eigenvalue weighted by Gasteiger charge is -2.10. The first kappa shape index (κ1) is 10.9. The predicted molar refractivity (Wildman–Crippen MR) is 68.6 cm³/mol. The maximum absolute atomic E-state index is 5.65. The molecular weight excluding hydrogens is 234 g/mol. The standard InChI is InChI=1S/C12H15N3OS/c1-8-4-5-13-11-10(8)14-12(17)15(11)7-9-3-2-6-16-9/h4-5,9H,2-3,6-7H2,1H3,(H,14,17). The first-order valence-corrected chi connectivity index (χ1v) is 6.32. The summed E-state index contributed by atoms with van der Waals surface area (Å²) in [5.74, 6) is 0.